The highest BCUT2D eigenvalue weighted by molar-refractivity contribution is 5.82. The Kier molecular flexibility index (Phi) is 9.79. The van der Waals surface area contributed by atoms with Crippen LogP contribution >= 0.6 is 0 Å². The number of aliphatic carboxylic acids is 2. The first kappa shape index (κ1) is 36.9. The number of carbonyl (C=O) groups is 4. The van der Waals surface area contributed by atoms with Gasteiger partial charge in [0.05, 0.1) is 30.3 Å². The summed E-state index contributed by atoms with van der Waals surface area (Å²) >= 11 is 0. The zero-order valence-corrected chi connectivity index (χ0v) is 30.9. The number of esters is 2. The van der Waals surface area contributed by atoms with Crippen molar-refractivity contribution in [2.75, 3.05) is 6.61 Å². The van der Waals surface area contributed by atoms with Crippen molar-refractivity contribution in [3.63, 3.8) is 0 Å². The monoisotopic (exact) mass is 670 g/mol. The molecular weight excluding hydrogens is 608 g/mol. The van der Waals surface area contributed by atoms with E-state index in [2.05, 4.69) is 34.3 Å². The first-order valence-electron chi connectivity index (χ1n) is 18.6. The number of ether oxygens (including phenoxy) is 2. The van der Waals surface area contributed by atoms with Crippen molar-refractivity contribution in [1.29, 1.82) is 0 Å². The Labute approximate surface area is 288 Å². The van der Waals surface area contributed by atoms with E-state index in [1.54, 1.807) is 27.7 Å². The van der Waals surface area contributed by atoms with Gasteiger partial charge in [0.1, 0.15) is 6.10 Å². The summed E-state index contributed by atoms with van der Waals surface area (Å²) < 4.78 is 12.2. The molecule has 5 fully saturated rings. The molecule has 0 heterocycles. The fourth-order valence-electron chi connectivity index (χ4n) is 12.3. The Bertz CT molecular complexity index is 1310. The van der Waals surface area contributed by atoms with Crippen LogP contribution < -0.4 is 0 Å². The molecule has 0 aromatic heterocycles. The lowest BCUT2D eigenvalue weighted by atomic mass is 9.40. The molecule has 0 bridgehead atoms. The van der Waals surface area contributed by atoms with E-state index in [9.17, 15) is 29.4 Å². The number of rotatable bonds is 10. The third-order valence-electron chi connectivity index (χ3n) is 14.8. The van der Waals surface area contributed by atoms with Crippen molar-refractivity contribution in [3.05, 3.63) is 12.2 Å². The fraction of sp³-hybridized carbons (Fsp3) is 0.850. The first-order chi connectivity index (χ1) is 22.2. The smallest absolute Gasteiger partial charge is 0.312 e. The number of carboxylic acid groups (broad SMARTS) is 2. The lowest BCUT2D eigenvalue weighted by molar-refractivity contribution is -0.202. The molecule has 8 nitrogen and oxygen atoms in total. The summed E-state index contributed by atoms with van der Waals surface area (Å²) in [5.74, 6) is 0.933. The molecule has 0 amide bonds. The standard InChI is InChI=1S/C40H62O8/c1-23(2)24-14-18-40(22-47-35(46)37(5,6)20-31(41)42)19-15-25-26-11-13-29-38(7,8)30(48-32(43)21-36(3,4)34(44)45)16-17-39(29,9)28(26)12-10-27(25)33(24)40/h24-30,33H,1,10-22H2,2-9H3,(H,41,42)(H,44,45)/t24-,25-,26-,27-,28-,29-,30-,33+,39+,40+/m0/s1. The van der Waals surface area contributed by atoms with Crippen LogP contribution in [0.4, 0.5) is 0 Å². The van der Waals surface area contributed by atoms with E-state index in [0.717, 1.165) is 44.9 Å². The highest BCUT2D eigenvalue weighted by Gasteiger charge is 2.64. The van der Waals surface area contributed by atoms with Crippen molar-refractivity contribution < 1.29 is 38.9 Å². The van der Waals surface area contributed by atoms with Gasteiger partial charge in [-0.3, -0.25) is 19.2 Å². The lowest BCUT2D eigenvalue weighted by Gasteiger charge is -2.65. The molecule has 8 heteroatoms. The Morgan fingerprint density at radius 2 is 1.44 bits per heavy atom. The van der Waals surface area contributed by atoms with Gasteiger partial charge < -0.3 is 19.7 Å². The minimum atomic E-state index is -1.15. The highest BCUT2D eigenvalue weighted by atomic mass is 16.5. The van der Waals surface area contributed by atoms with E-state index >= 15 is 0 Å². The maximum Gasteiger partial charge on any atom is 0.312 e. The maximum atomic E-state index is 13.2. The van der Waals surface area contributed by atoms with Crippen LogP contribution in [0.5, 0.6) is 0 Å². The SMILES string of the molecule is C=C(C)[C@@H]1CC[C@]2(COC(=O)C(C)(C)CC(=O)O)CC[C@@H]3[C@H](CC[C@H]4[C@H]3CC[C@H]3C(C)(C)[C@@H](OC(=O)CC(C)(C)C(=O)O)CC[C@]43C)[C@@H]12. The van der Waals surface area contributed by atoms with Crippen LogP contribution in [0.25, 0.3) is 0 Å². The second-order valence-corrected chi connectivity index (χ2v) is 19.0. The average Bonchev–Trinajstić information content (AvgIpc) is 3.37. The van der Waals surface area contributed by atoms with Gasteiger partial charge in [0.2, 0.25) is 0 Å². The van der Waals surface area contributed by atoms with Crippen LogP contribution in [-0.4, -0.2) is 46.8 Å². The van der Waals surface area contributed by atoms with Crippen LogP contribution in [0.1, 0.15) is 132 Å². The van der Waals surface area contributed by atoms with Gasteiger partial charge in [-0.15, -0.1) is 0 Å². The summed E-state index contributed by atoms with van der Waals surface area (Å²) in [4.78, 5) is 49.2. The van der Waals surface area contributed by atoms with E-state index < -0.39 is 34.7 Å². The molecule has 10 atom stereocenters. The van der Waals surface area contributed by atoms with Gasteiger partial charge in [-0.25, -0.2) is 0 Å². The van der Waals surface area contributed by atoms with Crippen LogP contribution in [-0.2, 0) is 28.7 Å². The molecule has 5 saturated carbocycles. The van der Waals surface area contributed by atoms with Crippen molar-refractivity contribution in [1.82, 2.24) is 0 Å². The average molecular weight is 671 g/mol. The minimum absolute atomic E-state index is 0.0766. The van der Waals surface area contributed by atoms with Crippen molar-refractivity contribution in [2.45, 2.75) is 139 Å². The van der Waals surface area contributed by atoms with Crippen molar-refractivity contribution in [3.8, 4) is 0 Å². The summed E-state index contributed by atoms with van der Waals surface area (Å²) in [6.45, 7) is 20.5. The van der Waals surface area contributed by atoms with Gasteiger partial charge in [-0.1, -0.05) is 32.9 Å². The van der Waals surface area contributed by atoms with E-state index in [0.29, 0.717) is 48.0 Å². The molecule has 0 spiro atoms. The third-order valence-corrected chi connectivity index (χ3v) is 14.8. The van der Waals surface area contributed by atoms with Crippen LogP contribution in [0.2, 0.25) is 0 Å². The lowest BCUT2D eigenvalue weighted by Crippen LogP contribution is -2.60. The minimum Gasteiger partial charge on any atom is -0.481 e. The molecule has 0 radical (unpaired) electrons. The summed E-state index contributed by atoms with van der Waals surface area (Å²) in [5, 5.41) is 18.9. The van der Waals surface area contributed by atoms with Gasteiger partial charge in [-0.2, -0.15) is 0 Å². The molecule has 0 aromatic carbocycles. The Balaban J connectivity index is 1.32. The molecule has 0 aliphatic heterocycles. The second-order valence-electron chi connectivity index (χ2n) is 19.0. The summed E-state index contributed by atoms with van der Waals surface area (Å²) in [6.07, 6.45) is 10.2. The number of hydrogen-bond acceptors (Lipinski definition) is 6. The van der Waals surface area contributed by atoms with Gasteiger partial charge in [-0.05, 0) is 146 Å². The molecule has 270 valence electrons. The molecule has 0 aromatic rings. The normalized spacial score (nSPS) is 38.8. The Hall–Kier alpha value is -2.38. The highest BCUT2D eigenvalue weighted by Crippen LogP contribution is 2.70. The number of hydrogen-bond donors (Lipinski definition) is 2. The molecule has 5 aliphatic carbocycles. The quantitative estimate of drug-likeness (QED) is 0.176. The predicted octanol–water partition coefficient (Wildman–Crippen LogP) is 8.32. The fourth-order valence-corrected chi connectivity index (χ4v) is 12.3. The van der Waals surface area contributed by atoms with Gasteiger partial charge in [0.25, 0.3) is 0 Å². The van der Waals surface area contributed by atoms with E-state index in [4.69, 9.17) is 9.47 Å². The van der Waals surface area contributed by atoms with Crippen LogP contribution in [0.15, 0.2) is 12.2 Å². The number of fused-ring (bicyclic) bond motifs is 7. The number of allylic oxidation sites excluding steroid dienone is 1. The van der Waals surface area contributed by atoms with Crippen molar-refractivity contribution in [2.24, 2.45) is 68.5 Å². The van der Waals surface area contributed by atoms with E-state index in [1.165, 1.54) is 24.8 Å². The molecule has 48 heavy (non-hydrogen) atoms. The van der Waals surface area contributed by atoms with Crippen LogP contribution in [0.3, 0.4) is 0 Å². The van der Waals surface area contributed by atoms with Gasteiger partial charge >= 0.3 is 23.9 Å². The predicted molar refractivity (Wildman–Crippen MR) is 183 cm³/mol. The zero-order valence-electron chi connectivity index (χ0n) is 30.9. The summed E-state index contributed by atoms with van der Waals surface area (Å²) in [5.41, 5.74) is -1.10. The largest absolute Gasteiger partial charge is 0.481 e. The molecule has 2 N–H and O–H groups in total. The van der Waals surface area contributed by atoms with E-state index in [-0.39, 0.29) is 35.2 Å². The van der Waals surface area contributed by atoms with Crippen LogP contribution in [0, 0.1) is 68.5 Å². The molecule has 5 aliphatic rings. The summed E-state index contributed by atoms with van der Waals surface area (Å²) in [7, 11) is 0. The molecule has 0 saturated heterocycles. The third kappa shape index (κ3) is 6.36. The van der Waals surface area contributed by atoms with Gasteiger partial charge in [0, 0.05) is 10.8 Å². The number of carbonyl (C=O) groups excluding carboxylic acids is 2. The topological polar surface area (TPSA) is 127 Å². The van der Waals surface area contributed by atoms with E-state index in [1.807, 2.05) is 0 Å². The number of carboxylic acids is 2. The summed E-state index contributed by atoms with van der Waals surface area (Å²) in [6, 6.07) is 0. The first-order valence-corrected chi connectivity index (χ1v) is 18.6. The Morgan fingerprint density at radius 3 is 2.06 bits per heavy atom. The van der Waals surface area contributed by atoms with Crippen molar-refractivity contribution >= 4 is 23.9 Å². The zero-order chi connectivity index (χ0) is 35.6. The molecule has 0 unspecified atom stereocenters. The van der Waals surface area contributed by atoms with Gasteiger partial charge in [0.15, 0.2) is 0 Å². The second kappa shape index (κ2) is 12.7. The molecule has 5 rings (SSSR count). The maximum absolute atomic E-state index is 13.2. The molecular formula is C40H62O8. The Morgan fingerprint density at radius 1 is 0.792 bits per heavy atom.